The number of aromatic nitrogens is 3. The van der Waals surface area contributed by atoms with Crippen molar-refractivity contribution in [3.8, 4) is 0 Å². The number of alkyl carbamates (subject to hydrolysis) is 1. The second-order valence-electron chi connectivity index (χ2n) is 4.39. The largest absolute Gasteiger partial charge is 0.453 e. The van der Waals surface area contributed by atoms with Gasteiger partial charge >= 0.3 is 11.8 Å². The molecular formula is C11H16N4O5S. The summed E-state index contributed by atoms with van der Waals surface area (Å²) in [6.45, 7) is 1.09. The minimum atomic E-state index is -0.820. The number of H-pyrrole nitrogens is 1. The number of rotatable bonds is 5. The Labute approximate surface area is 124 Å². The van der Waals surface area contributed by atoms with Crippen LogP contribution in [0.4, 0.5) is 4.79 Å². The molecule has 1 aromatic rings. The van der Waals surface area contributed by atoms with Gasteiger partial charge in [0.05, 0.1) is 25.5 Å². The fourth-order valence-corrected chi connectivity index (χ4v) is 2.65. The van der Waals surface area contributed by atoms with Crippen LogP contribution < -0.4 is 11.0 Å². The molecule has 1 aromatic heterocycles. The highest BCUT2D eigenvalue weighted by molar-refractivity contribution is 7.99. The van der Waals surface area contributed by atoms with Gasteiger partial charge in [-0.15, -0.1) is 5.10 Å². The standard InChI is InChI=1S/C11H16N4O5S/c1-19-11(18)12-8(16)6-21-10-14-13-9(17)15(10)5-7-3-2-4-20-7/h7H,2-6H2,1H3,(H,13,17)(H,12,16,18)/t7-/m1/s1. The lowest BCUT2D eigenvalue weighted by Gasteiger charge is -2.10. The van der Waals surface area contributed by atoms with E-state index in [0.29, 0.717) is 18.3 Å². The molecule has 116 valence electrons. The summed E-state index contributed by atoms with van der Waals surface area (Å²) in [5.74, 6) is -0.573. The van der Waals surface area contributed by atoms with Crippen LogP contribution in [0.15, 0.2) is 9.95 Å². The first-order valence-electron chi connectivity index (χ1n) is 6.37. The number of aromatic amines is 1. The van der Waals surface area contributed by atoms with Crippen molar-refractivity contribution in [2.24, 2.45) is 0 Å². The molecule has 0 radical (unpaired) electrons. The van der Waals surface area contributed by atoms with Crippen molar-refractivity contribution in [3.05, 3.63) is 10.5 Å². The van der Waals surface area contributed by atoms with E-state index in [1.807, 2.05) is 5.32 Å². The van der Waals surface area contributed by atoms with Crippen LogP contribution in [0.3, 0.4) is 0 Å². The molecular weight excluding hydrogens is 300 g/mol. The first-order valence-corrected chi connectivity index (χ1v) is 7.36. The molecule has 2 amide bonds. The second kappa shape index (κ2) is 7.27. The molecule has 0 aromatic carbocycles. The van der Waals surface area contributed by atoms with Crippen LogP contribution in [0.1, 0.15) is 12.8 Å². The van der Waals surface area contributed by atoms with E-state index in [0.717, 1.165) is 24.6 Å². The van der Waals surface area contributed by atoms with E-state index >= 15 is 0 Å². The van der Waals surface area contributed by atoms with Crippen LogP contribution in [0.2, 0.25) is 0 Å². The molecule has 0 saturated carbocycles. The molecule has 21 heavy (non-hydrogen) atoms. The van der Waals surface area contributed by atoms with E-state index in [9.17, 15) is 14.4 Å². The normalized spacial score (nSPS) is 17.7. The molecule has 2 N–H and O–H groups in total. The number of hydrogen-bond donors (Lipinski definition) is 2. The minimum absolute atomic E-state index is 0.0106. The number of ether oxygens (including phenoxy) is 2. The van der Waals surface area contributed by atoms with E-state index in [4.69, 9.17) is 4.74 Å². The van der Waals surface area contributed by atoms with Gasteiger partial charge in [-0.05, 0) is 12.8 Å². The van der Waals surface area contributed by atoms with Gasteiger partial charge < -0.3 is 9.47 Å². The van der Waals surface area contributed by atoms with Crippen LogP contribution in [0.25, 0.3) is 0 Å². The van der Waals surface area contributed by atoms with Crippen LogP contribution in [-0.4, -0.2) is 52.3 Å². The summed E-state index contributed by atoms with van der Waals surface area (Å²) in [6, 6.07) is 0. The molecule has 0 unspecified atom stereocenters. The smallest absolute Gasteiger partial charge is 0.413 e. The minimum Gasteiger partial charge on any atom is -0.453 e. The van der Waals surface area contributed by atoms with Gasteiger partial charge in [-0.3, -0.25) is 14.7 Å². The Morgan fingerprint density at radius 2 is 2.43 bits per heavy atom. The molecule has 0 bridgehead atoms. The molecule has 0 aliphatic carbocycles. The van der Waals surface area contributed by atoms with E-state index in [2.05, 4.69) is 14.9 Å². The van der Waals surface area contributed by atoms with Gasteiger partial charge in [-0.2, -0.15) is 0 Å². The number of nitrogens with zero attached hydrogens (tertiary/aromatic N) is 2. The number of amides is 2. The molecule has 1 aliphatic rings. The molecule has 1 fully saturated rings. The Morgan fingerprint density at radius 3 is 3.10 bits per heavy atom. The molecule has 9 nitrogen and oxygen atoms in total. The van der Waals surface area contributed by atoms with E-state index in [1.165, 1.54) is 11.7 Å². The summed E-state index contributed by atoms with van der Waals surface area (Å²) >= 11 is 1.06. The zero-order valence-corrected chi connectivity index (χ0v) is 12.3. The zero-order valence-electron chi connectivity index (χ0n) is 11.5. The summed E-state index contributed by atoms with van der Waals surface area (Å²) in [7, 11) is 1.17. The van der Waals surface area contributed by atoms with Crippen molar-refractivity contribution >= 4 is 23.8 Å². The van der Waals surface area contributed by atoms with Gasteiger partial charge in [0, 0.05) is 6.61 Å². The molecule has 2 rings (SSSR count). The fraction of sp³-hybridized carbons (Fsp3) is 0.636. The third kappa shape index (κ3) is 4.33. The highest BCUT2D eigenvalue weighted by Crippen LogP contribution is 2.17. The van der Waals surface area contributed by atoms with Gasteiger partial charge in [0.1, 0.15) is 0 Å². The highest BCUT2D eigenvalue weighted by Gasteiger charge is 2.20. The average Bonchev–Trinajstić information content (AvgIpc) is 3.09. The maximum Gasteiger partial charge on any atom is 0.413 e. The third-order valence-electron chi connectivity index (χ3n) is 2.89. The number of thioether (sulfide) groups is 1. The van der Waals surface area contributed by atoms with Crippen LogP contribution in [0.5, 0.6) is 0 Å². The van der Waals surface area contributed by atoms with Crippen molar-refractivity contribution < 1.29 is 19.1 Å². The lowest BCUT2D eigenvalue weighted by atomic mass is 10.2. The Balaban J connectivity index is 1.92. The molecule has 10 heteroatoms. The zero-order chi connectivity index (χ0) is 15.2. The lowest BCUT2D eigenvalue weighted by Crippen LogP contribution is -2.31. The predicted octanol–water partition coefficient (Wildman–Crippen LogP) is -0.275. The van der Waals surface area contributed by atoms with Crippen LogP contribution in [0, 0.1) is 0 Å². The number of hydrogen-bond acceptors (Lipinski definition) is 7. The molecule has 1 atom stereocenters. The average molecular weight is 316 g/mol. The maximum absolute atomic E-state index is 11.7. The monoisotopic (exact) mass is 316 g/mol. The van der Waals surface area contributed by atoms with Crippen molar-refractivity contribution in [2.45, 2.75) is 30.6 Å². The maximum atomic E-state index is 11.7. The number of nitrogens with one attached hydrogen (secondary N) is 2. The van der Waals surface area contributed by atoms with Crippen molar-refractivity contribution in [1.82, 2.24) is 20.1 Å². The first kappa shape index (κ1) is 15.6. The van der Waals surface area contributed by atoms with E-state index < -0.39 is 12.0 Å². The number of methoxy groups -OCH3 is 1. The summed E-state index contributed by atoms with van der Waals surface area (Å²) < 4.78 is 11.2. The summed E-state index contributed by atoms with van der Waals surface area (Å²) in [5.41, 5.74) is -0.346. The van der Waals surface area contributed by atoms with Crippen molar-refractivity contribution in [3.63, 3.8) is 0 Å². The molecule has 1 aliphatic heterocycles. The number of carbonyl (C=O) groups excluding carboxylic acids is 2. The van der Waals surface area contributed by atoms with E-state index in [1.54, 1.807) is 0 Å². The van der Waals surface area contributed by atoms with Gasteiger partial charge in [0.15, 0.2) is 5.16 Å². The van der Waals surface area contributed by atoms with Crippen LogP contribution >= 0.6 is 11.8 Å². The van der Waals surface area contributed by atoms with Gasteiger partial charge in [-0.25, -0.2) is 14.7 Å². The number of carbonyl (C=O) groups is 2. The van der Waals surface area contributed by atoms with Gasteiger partial charge in [0.2, 0.25) is 5.91 Å². The summed E-state index contributed by atoms with van der Waals surface area (Å²) in [5, 5.41) is 8.62. The Kier molecular flexibility index (Phi) is 5.39. The predicted molar refractivity (Wildman–Crippen MR) is 73.1 cm³/mol. The Morgan fingerprint density at radius 1 is 1.62 bits per heavy atom. The van der Waals surface area contributed by atoms with Crippen LogP contribution in [-0.2, 0) is 20.8 Å². The first-order chi connectivity index (χ1) is 10.1. The summed E-state index contributed by atoms with van der Waals surface area (Å²) in [6.07, 6.45) is 1.04. The molecule has 1 saturated heterocycles. The second-order valence-corrected chi connectivity index (χ2v) is 5.33. The highest BCUT2D eigenvalue weighted by atomic mass is 32.2. The lowest BCUT2D eigenvalue weighted by molar-refractivity contribution is -0.117. The topological polar surface area (TPSA) is 115 Å². The Hall–Kier alpha value is -1.81. The van der Waals surface area contributed by atoms with Crippen molar-refractivity contribution in [2.75, 3.05) is 19.5 Å². The number of imide groups is 1. The quantitative estimate of drug-likeness (QED) is 0.718. The van der Waals surface area contributed by atoms with Gasteiger partial charge in [-0.1, -0.05) is 11.8 Å². The van der Waals surface area contributed by atoms with Crippen molar-refractivity contribution in [1.29, 1.82) is 0 Å². The fourth-order valence-electron chi connectivity index (χ4n) is 1.90. The molecule has 0 spiro atoms. The summed E-state index contributed by atoms with van der Waals surface area (Å²) in [4.78, 5) is 34.0. The third-order valence-corrected chi connectivity index (χ3v) is 3.87. The van der Waals surface area contributed by atoms with E-state index in [-0.39, 0.29) is 17.5 Å². The SMILES string of the molecule is COC(=O)NC(=O)CSc1n[nH]c(=O)n1C[C@H]1CCCO1. The van der Waals surface area contributed by atoms with Gasteiger partial charge in [0.25, 0.3) is 0 Å². The molecule has 2 heterocycles. The Bertz CT molecular complexity index is 563.